The van der Waals surface area contributed by atoms with Gasteiger partial charge in [0.15, 0.2) is 5.82 Å². The number of anilines is 2. The number of hydrogen-bond acceptors (Lipinski definition) is 6. The minimum atomic E-state index is -0.548. The Kier molecular flexibility index (Phi) is 3.65. The van der Waals surface area contributed by atoms with Crippen LogP contribution in [0.5, 0.6) is 0 Å². The highest BCUT2D eigenvalue weighted by molar-refractivity contribution is 6.13. The van der Waals surface area contributed by atoms with Crippen LogP contribution in [0.2, 0.25) is 0 Å². The van der Waals surface area contributed by atoms with Crippen LogP contribution in [0.3, 0.4) is 0 Å². The molecule has 3 heterocycles. The smallest absolute Gasteiger partial charge is 0.273 e. The third kappa shape index (κ3) is 3.01. The van der Waals surface area contributed by atoms with Crippen LogP contribution in [0.25, 0.3) is 0 Å². The van der Waals surface area contributed by atoms with Crippen molar-refractivity contribution in [3.05, 3.63) is 54.3 Å². The normalized spacial score (nSPS) is 15.3. The number of furan rings is 1. The van der Waals surface area contributed by atoms with E-state index in [0.29, 0.717) is 17.3 Å². The van der Waals surface area contributed by atoms with Gasteiger partial charge in [-0.2, -0.15) is 5.10 Å². The highest BCUT2D eigenvalue weighted by Crippen LogP contribution is 2.24. The summed E-state index contributed by atoms with van der Waals surface area (Å²) in [5.41, 5.74) is 2.99. The van der Waals surface area contributed by atoms with Gasteiger partial charge in [0.05, 0.1) is 18.2 Å². The molecule has 2 amide bonds. The molecule has 0 aliphatic carbocycles. The first kappa shape index (κ1) is 13.6. The van der Waals surface area contributed by atoms with Crippen LogP contribution in [0.15, 0.2) is 58.0 Å². The molecule has 22 heavy (non-hydrogen) atoms. The maximum Gasteiger partial charge on any atom is 0.273 e. The number of aromatic nitrogens is 1. The summed E-state index contributed by atoms with van der Waals surface area (Å²) in [4.78, 5) is 27.6. The van der Waals surface area contributed by atoms with E-state index >= 15 is 0 Å². The molecule has 0 fully saturated rings. The van der Waals surface area contributed by atoms with Gasteiger partial charge in [0, 0.05) is 12.3 Å². The SMILES string of the molecule is O=C(/C=C1/Nc2cccnc2NC1=O)N/N=C/c1ccco1. The predicted molar refractivity (Wildman–Crippen MR) is 79.0 cm³/mol. The molecule has 0 spiro atoms. The molecule has 1 aliphatic heterocycles. The lowest BCUT2D eigenvalue weighted by Crippen LogP contribution is -2.28. The van der Waals surface area contributed by atoms with Gasteiger partial charge in [-0.1, -0.05) is 0 Å². The zero-order chi connectivity index (χ0) is 15.4. The molecule has 2 aromatic heterocycles. The van der Waals surface area contributed by atoms with Crippen molar-refractivity contribution < 1.29 is 14.0 Å². The van der Waals surface area contributed by atoms with Gasteiger partial charge in [-0.15, -0.1) is 0 Å². The average molecular weight is 297 g/mol. The van der Waals surface area contributed by atoms with Crippen molar-refractivity contribution in [1.29, 1.82) is 0 Å². The van der Waals surface area contributed by atoms with Crippen molar-refractivity contribution in [3.8, 4) is 0 Å². The van der Waals surface area contributed by atoms with Gasteiger partial charge in [0.1, 0.15) is 11.5 Å². The number of rotatable bonds is 3. The minimum Gasteiger partial charge on any atom is -0.463 e. The third-order valence-corrected chi connectivity index (χ3v) is 2.74. The Hall–Kier alpha value is -3.42. The van der Waals surface area contributed by atoms with Crippen LogP contribution in [0.4, 0.5) is 11.5 Å². The molecular formula is C14H11N5O3. The summed E-state index contributed by atoms with van der Waals surface area (Å²) in [5.74, 6) is -0.0773. The first-order valence-corrected chi connectivity index (χ1v) is 6.34. The van der Waals surface area contributed by atoms with Crippen LogP contribution >= 0.6 is 0 Å². The number of carbonyl (C=O) groups is 2. The van der Waals surface area contributed by atoms with Gasteiger partial charge >= 0.3 is 0 Å². The summed E-state index contributed by atoms with van der Waals surface area (Å²) >= 11 is 0. The first-order valence-electron chi connectivity index (χ1n) is 6.34. The summed E-state index contributed by atoms with van der Waals surface area (Å²) in [6, 6.07) is 6.85. The molecule has 8 heteroatoms. The molecular weight excluding hydrogens is 286 g/mol. The van der Waals surface area contributed by atoms with Gasteiger partial charge in [-0.05, 0) is 24.3 Å². The maximum atomic E-state index is 11.8. The standard InChI is InChI=1S/C14H11N5O3/c20-12(19-16-8-9-3-2-6-22-9)7-11-14(21)18-13-10(17-11)4-1-5-15-13/h1-8,17H,(H,19,20)(H,15,18,21)/b11-7+,16-8+. The number of amides is 2. The Morgan fingerprint density at radius 3 is 3.05 bits per heavy atom. The molecule has 0 saturated heterocycles. The Labute approximate surface area is 124 Å². The van der Waals surface area contributed by atoms with Crippen LogP contribution in [0, 0.1) is 0 Å². The lowest BCUT2D eigenvalue weighted by atomic mass is 10.2. The summed E-state index contributed by atoms with van der Waals surface area (Å²) in [6.07, 6.45) is 5.52. The number of nitrogens with one attached hydrogen (secondary N) is 3. The third-order valence-electron chi connectivity index (χ3n) is 2.74. The van der Waals surface area contributed by atoms with Crippen LogP contribution in [-0.4, -0.2) is 23.0 Å². The van der Waals surface area contributed by atoms with Crippen LogP contribution in [0.1, 0.15) is 5.76 Å². The summed E-state index contributed by atoms with van der Waals surface area (Å²) < 4.78 is 5.02. The van der Waals surface area contributed by atoms with Crippen molar-refractivity contribution in [2.45, 2.75) is 0 Å². The topological polar surface area (TPSA) is 109 Å². The Bertz CT molecular complexity index is 765. The fraction of sp³-hybridized carbons (Fsp3) is 0. The molecule has 8 nitrogen and oxygen atoms in total. The summed E-state index contributed by atoms with van der Waals surface area (Å²) in [5, 5.41) is 9.13. The monoisotopic (exact) mass is 297 g/mol. The fourth-order valence-electron chi connectivity index (χ4n) is 1.77. The Balaban J connectivity index is 1.67. The van der Waals surface area contributed by atoms with Crippen molar-refractivity contribution in [2.75, 3.05) is 10.6 Å². The van der Waals surface area contributed by atoms with E-state index in [1.165, 1.54) is 12.5 Å². The zero-order valence-electron chi connectivity index (χ0n) is 11.2. The second kappa shape index (κ2) is 5.92. The molecule has 110 valence electrons. The van der Waals surface area contributed by atoms with Gasteiger partial charge in [-0.25, -0.2) is 10.4 Å². The van der Waals surface area contributed by atoms with Crippen molar-refractivity contribution in [3.63, 3.8) is 0 Å². The molecule has 0 unspecified atom stereocenters. The van der Waals surface area contributed by atoms with E-state index in [1.54, 1.807) is 30.5 Å². The number of pyridine rings is 1. The second-order valence-electron chi connectivity index (χ2n) is 4.29. The van der Waals surface area contributed by atoms with E-state index in [4.69, 9.17) is 4.42 Å². The lowest BCUT2D eigenvalue weighted by Gasteiger charge is -2.19. The van der Waals surface area contributed by atoms with E-state index in [0.717, 1.165) is 6.08 Å². The van der Waals surface area contributed by atoms with Crippen LogP contribution < -0.4 is 16.1 Å². The van der Waals surface area contributed by atoms with E-state index in [9.17, 15) is 9.59 Å². The van der Waals surface area contributed by atoms with E-state index in [-0.39, 0.29) is 5.70 Å². The van der Waals surface area contributed by atoms with E-state index < -0.39 is 11.8 Å². The summed E-state index contributed by atoms with van der Waals surface area (Å²) in [6.45, 7) is 0. The summed E-state index contributed by atoms with van der Waals surface area (Å²) in [7, 11) is 0. The number of nitrogens with zero attached hydrogens (tertiary/aromatic N) is 2. The van der Waals surface area contributed by atoms with Crippen molar-refractivity contribution >= 4 is 29.5 Å². The average Bonchev–Trinajstić information content (AvgIpc) is 3.01. The van der Waals surface area contributed by atoms with Crippen LogP contribution in [-0.2, 0) is 9.59 Å². The van der Waals surface area contributed by atoms with Crippen molar-refractivity contribution in [2.24, 2.45) is 5.10 Å². The molecule has 3 N–H and O–H groups in total. The largest absolute Gasteiger partial charge is 0.463 e. The zero-order valence-corrected chi connectivity index (χ0v) is 11.2. The molecule has 0 bridgehead atoms. The highest BCUT2D eigenvalue weighted by atomic mass is 16.3. The van der Waals surface area contributed by atoms with Gasteiger partial charge in [0.25, 0.3) is 11.8 Å². The predicted octanol–water partition coefficient (Wildman–Crippen LogP) is 1.07. The highest BCUT2D eigenvalue weighted by Gasteiger charge is 2.20. The number of fused-ring (bicyclic) bond motifs is 1. The van der Waals surface area contributed by atoms with Gasteiger partial charge in [-0.3, -0.25) is 9.59 Å². The first-order chi connectivity index (χ1) is 10.7. The number of hydrogen-bond donors (Lipinski definition) is 3. The van der Waals surface area contributed by atoms with Gasteiger partial charge < -0.3 is 15.1 Å². The van der Waals surface area contributed by atoms with Gasteiger partial charge in [0.2, 0.25) is 0 Å². The Morgan fingerprint density at radius 2 is 2.23 bits per heavy atom. The molecule has 0 aromatic carbocycles. The quantitative estimate of drug-likeness (QED) is 0.446. The molecule has 2 aromatic rings. The fourth-order valence-corrected chi connectivity index (χ4v) is 1.77. The lowest BCUT2D eigenvalue weighted by molar-refractivity contribution is -0.117. The van der Waals surface area contributed by atoms with E-state index in [2.05, 4.69) is 26.1 Å². The molecule has 1 aliphatic rings. The number of hydrazone groups is 1. The maximum absolute atomic E-state index is 11.8. The van der Waals surface area contributed by atoms with E-state index in [1.807, 2.05) is 0 Å². The second-order valence-corrected chi connectivity index (χ2v) is 4.29. The molecule has 0 atom stereocenters. The minimum absolute atomic E-state index is 0.103. The Morgan fingerprint density at radius 1 is 1.32 bits per heavy atom. The van der Waals surface area contributed by atoms with Crippen molar-refractivity contribution in [1.82, 2.24) is 10.4 Å². The molecule has 0 radical (unpaired) electrons. The molecule has 0 saturated carbocycles. The number of carbonyl (C=O) groups excluding carboxylic acids is 2. The molecule has 3 rings (SSSR count).